The van der Waals surface area contributed by atoms with Crippen molar-refractivity contribution in [1.29, 1.82) is 0 Å². The number of benzene rings is 1. The Morgan fingerprint density at radius 3 is 2.43 bits per heavy atom. The van der Waals surface area contributed by atoms with Crippen molar-refractivity contribution in [1.82, 2.24) is 9.80 Å². The molecule has 0 aliphatic rings. The summed E-state index contributed by atoms with van der Waals surface area (Å²) in [6.07, 6.45) is 1.97. The molecular weight excluding hydrogens is 286 g/mol. The van der Waals surface area contributed by atoms with E-state index in [1.54, 1.807) is 44.7 Å². The number of carbonyl (C=O) groups excluding carboxylic acids is 2. The van der Waals surface area contributed by atoms with E-state index in [4.69, 9.17) is 0 Å². The third kappa shape index (κ3) is 5.06. The first-order chi connectivity index (χ1) is 9.86. The Bertz CT molecular complexity index is 505. The Balaban J connectivity index is 2.63. The topological polar surface area (TPSA) is 52.7 Å². The minimum absolute atomic E-state index is 0.0187. The van der Waals surface area contributed by atoms with E-state index in [2.05, 4.69) is 5.32 Å². The summed E-state index contributed by atoms with van der Waals surface area (Å²) in [5.41, 5.74) is 0.801. The van der Waals surface area contributed by atoms with Crippen LogP contribution in [0.3, 0.4) is 0 Å². The van der Waals surface area contributed by atoms with Crippen LogP contribution >= 0.6 is 11.8 Å². The Morgan fingerprint density at radius 2 is 1.86 bits per heavy atom. The van der Waals surface area contributed by atoms with E-state index in [1.165, 1.54) is 4.90 Å². The fraction of sp³-hybridized carbons (Fsp3) is 0.467. The highest BCUT2D eigenvalue weighted by Crippen LogP contribution is 2.24. The van der Waals surface area contributed by atoms with E-state index in [0.717, 1.165) is 10.6 Å². The molecule has 0 fully saturated rings. The molecule has 1 aromatic carbocycles. The van der Waals surface area contributed by atoms with E-state index in [-0.39, 0.29) is 24.4 Å². The summed E-state index contributed by atoms with van der Waals surface area (Å²) in [4.78, 5) is 28.3. The standard InChI is InChI=1S/C15H23N3O2S/c1-11(15(20)17(2)3)18(4)10-14(19)16-12-8-6-7-9-13(12)21-5/h6-9,11H,10H2,1-5H3,(H,16,19). The summed E-state index contributed by atoms with van der Waals surface area (Å²) in [5, 5.41) is 2.89. The molecule has 0 aromatic heterocycles. The van der Waals surface area contributed by atoms with Gasteiger partial charge < -0.3 is 10.2 Å². The van der Waals surface area contributed by atoms with E-state index >= 15 is 0 Å². The van der Waals surface area contributed by atoms with Crippen LogP contribution in [-0.4, -0.2) is 61.6 Å². The first-order valence-electron chi connectivity index (χ1n) is 6.71. The van der Waals surface area contributed by atoms with Gasteiger partial charge in [0.15, 0.2) is 0 Å². The van der Waals surface area contributed by atoms with Crippen LogP contribution in [0, 0.1) is 0 Å². The zero-order chi connectivity index (χ0) is 16.0. The van der Waals surface area contributed by atoms with Crippen LogP contribution in [0.25, 0.3) is 0 Å². The van der Waals surface area contributed by atoms with E-state index < -0.39 is 0 Å². The molecule has 0 aliphatic carbocycles. The molecule has 2 amide bonds. The number of para-hydroxylation sites is 1. The lowest BCUT2D eigenvalue weighted by molar-refractivity contribution is -0.133. The average molecular weight is 309 g/mol. The maximum atomic E-state index is 12.1. The number of amides is 2. The highest BCUT2D eigenvalue weighted by atomic mass is 32.2. The zero-order valence-electron chi connectivity index (χ0n) is 13.2. The van der Waals surface area contributed by atoms with Crippen molar-refractivity contribution >= 4 is 29.3 Å². The van der Waals surface area contributed by atoms with Crippen molar-refractivity contribution in [2.75, 3.05) is 39.3 Å². The van der Waals surface area contributed by atoms with Gasteiger partial charge >= 0.3 is 0 Å². The van der Waals surface area contributed by atoms with Crippen molar-refractivity contribution in [3.05, 3.63) is 24.3 Å². The van der Waals surface area contributed by atoms with E-state index in [9.17, 15) is 9.59 Å². The smallest absolute Gasteiger partial charge is 0.239 e. The molecule has 6 heteroatoms. The lowest BCUT2D eigenvalue weighted by atomic mass is 10.2. The fourth-order valence-electron chi connectivity index (χ4n) is 1.86. The van der Waals surface area contributed by atoms with Crippen LogP contribution in [0.4, 0.5) is 5.69 Å². The number of hydrogen-bond acceptors (Lipinski definition) is 4. The lowest BCUT2D eigenvalue weighted by Gasteiger charge is -2.25. The monoisotopic (exact) mass is 309 g/mol. The second-order valence-corrected chi connectivity index (χ2v) is 5.92. The molecule has 0 saturated carbocycles. The van der Waals surface area contributed by atoms with Gasteiger partial charge in [0.2, 0.25) is 11.8 Å². The molecule has 21 heavy (non-hydrogen) atoms. The molecular formula is C15H23N3O2S. The van der Waals surface area contributed by atoms with Gasteiger partial charge in [-0.25, -0.2) is 0 Å². The van der Waals surface area contributed by atoms with Crippen molar-refractivity contribution in [2.45, 2.75) is 17.9 Å². The van der Waals surface area contributed by atoms with Gasteiger partial charge in [0, 0.05) is 19.0 Å². The summed E-state index contributed by atoms with van der Waals surface area (Å²) in [6, 6.07) is 7.32. The zero-order valence-corrected chi connectivity index (χ0v) is 14.0. The Kier molecular flexibility index (Phi) is 6.71. The first-order valence-corrected chi connectivity index (χ1v) is 7.93. The van der Waals surface area contributed by atoms with Crippen molar-refractivity contribution in [3.8, 4) is 0 Å². The second-order valence-electron chi connectivity index (χ2n) is 5.07. The number of rotatable bonds is 6. The highest BCUT2D eigenvalue weighted by Gasteiger charge is 2.21. The van der Waals surface area contributed by atoms with Gasteiger partial charge in [-0.2, -0.15) is 0 Å². The van der Waals surface area contributed by atoms with Crippen LogP contribution in [0.5, 0.6) is 0 Å². The fourth-order valence-corrected chi connectivity index (χ4v) is 2.42. The molecule has 5 nitrogen and oxygen atoms in total. The maximum Gasteiger partial charge on any atom is 0.239 e. The maximum absolute atomic E-state index is 12.1. The van der Waals surface area contributed by atoms with E-state index in [0.29, 0.717) is 0 Å². The first kappa shape index (κ1) is 17.5. The number of nitrogens with one attached hydrogen (secondary N) is 1. The van der Waals surface area contributed by atoms with Gasteiger partial charge in [-0.1, -0.05) is 12.1 Å². The Labute approximate surface area is 130 Å². The minimum Gasteiger partial charge on any atom is -0.347 e. The van der Waals surface area contributed by atoms with Crippen LogP contribution in [0.1, 0.15) is 6.92 Å². The third-order valence-corrected chi connectivity index (χ3v) is 4.03. The Hall–Kier alpha value is -1.53. The third-order valence-electron chi connectivity index (χ3n) is 3.23. The molecule has 0 aliphatic heterocycles. The number of carbonyl (C=O) groups is 2. The van der Waals surface area contributed by atoms with Gasteiger partial charge in [-0.3, -0.25) is 14.5 Å². The summed E-state index contributed by atoms with van der Waals surface area (Å²) >= 11 is 1.58. The normalized spacial score (nSPS) is 12.1. The van der Waals surface area contributed by atoms with E-state index in [1.807, 2.05) is 30.5 Å². The number of nitrogens with zero attached hydrogens (tertiary/aromatic N) is 2. The Morgan fingerprint density at radius 1 is 1.24 bits per heavy atom. The number of hydrogen-bond donors (Lipinski definition) is 1. The predicted molar refractivity (Wildman–Crippen MR) is 87.6 cm³/mol. The second kappa shape index (κ2) is 8.05. The molecule has 0 saturated heterocycles. The van der Waals surface area contributed by atoms with Gasteiger partial charge in [0.25, 0.3) is 0 Å². The SMILES string of the molecule is CSc1ccccc1NC(=O)CN(C)C(C)C(=O)N(C)C. The molecule has 1 unspecified atom stereocenters. The summed E-state index contributed by atoms with van der Waals surface area (Å²) in [5.74, 6) is -0.146. The lowest BCUT2D eigenvalue weighted by Crippen LogP contribution is -2.45. The van der Waals surface area contributed by atoms with Crippen molar-refractivity contribution in [3.63, 3.8) is 0 Å². The molecule has 1 rings (SSSR count). The molecule has 1 aromatic rings. The van der Waals surface area contributed by atoms with Crippen molar-refractivity contribution in [2.24, 2.45) is 0 Å². The van der Waals surface area contributed by atoms with Gasteiger partial charge in [0.05, 0.1) is 18.3 Å². The summed E-state index contributed by atoms with van der Waals surface area (Å²) in [6.45, 7) is 1.97. The highest BCUT2D eigenvalue weighted by molar-refractivity contribution is 7.98. The van der Waals surface area contributed by atoms with Gasteiger partial charge in [-0.15, -0.1) is 11.8 Å². The van der Waals surface area contributed by atoms with Crippen LogP contribution in [0.2, 0.25) is 0 Å². The van der Waals surface area contributed by atoms with Crippen molar-refractivity contribution < 1.29 is 9.59 Å². The van der Waals surface area contributed by atoms with Crippen LogP contribution in [-0.2, 0) is 9.59 Å². The molecule has 0 spiro atoms. The molecule has 1 atom stereocenters. The number of anilines is 1. The molecule has 1 N–H and O–H groups in total. The summed E-state index contributed by atoms with van der Waals surface area (Å²) < 4.78 is 0. The minimum atomic E-state index is -0.332. The molecule has 0 heterocycles. The largest absolute Gasteiger partial charge is 0.347 e. The predicted octanol–water partition coefficient (Wildman–Crippen LogP) is 1.76. The number of thioether (sulfide) groups is 1. The quantitative estimate of drug-likeness (QED) is 0.814. The van der Waals surface area contributed by atoms with Crippen LogP contribution < -0.4 is 5.32 Å². The van der Waals surface area contributed by atoms with Crippen LogP contribution in [0.15, 0.2) is 29.2 Å². The van der Waals surface area contributed by atoms with Gasteiger partial charge in [-0.05, 0) is 32.4 Å². The van der Waals surface area contributed by atoms with Gasteiger partial charge in [0.1, 0.15) is 0 Å². The number of likely N-dealkylation sites (N-methyl/N-ethyl adjacent to an activating group) is 2. The molecule has 116 valence electrons. The summed E-state index contributed by atoms with van der Waals surface area (Å²) in [7, 11) is 5.19. The molecule has 0 radical (unpaired) electrons. The molecule has 0 bridgehead atoms. The average Bonchev–Trinajstić information content (AvgIpc) is 2.45.